The third kappa shape index (κ3) is 3.18. The molecule has 1 spiro atoms. The van der Waals surface area contributed by atoms with Crippen LogP contribution in [-0.2, 0) is 33.3 Å². The van der Waals surface area contributed by atoms with Gasteiger partial charge >= 0.3 is 17.9 Å². The van der Waals surface area contributed by atoms with Gasteiger partial charge in [-0.3, -0.25) is 14.4 Å². The summed E-state index contributed by atoms with van der Waals surface area (Å²) in [6.45, 7) is 12.5. The Hall–Kier alpha value is -2.61. The standard InChI is InChI=1S/C27H34O8/c1-15-17-7-9-25(4)23(16-8-10-32-14-16)33-22(30)13-27(15,25)34-19(12-20(28)31-6)26(17,5)18-11-21(29)35-24(18,2)3/h8,10,14,17-19,23H,1,7,9,11-13H2,2-6H3. The second kappa shape index (κ2) is 7.69. The number of hydrogen-bond acceptors (Lipinski definition) is 8. The van der Waals surface area contributed by atoms with Gasteiger partial charge in [0.15, 0.2) is 0 Å². The second-order valence-electron chi connectivity index (χ2n) is 11.6. The number of methoxy groups -OCH3 is 1. The van der Waals surface area contributed by atoms with Crippen LogP contribution in [0.2, 0.25) is 0 Å². The molecule has 1 saturated carbocycles. The van der Waals surface area contributed by atoms with E-state index in [4.69, 9.17) is 23.4 Å². The predicted octanol–water partition coefficient (Wildman–Crippen LogP) is 4.29. The molecule has 0 radical (unpaired) electrons. The Morgan fingerprint density at radius 1 is 1.20 bits per heavy atom. The molecule has 1 aliphatic carbocycles. The summed E-state index contributed by atoms with van der Waals surface area (Å²) in [6, 6.07) is 1.81. The predicted molar refractivity (Wildman–Crippen MR) is 123 cm³/mol. The van der Waals surface area contributed by atoms with E-state index in [9.17, 15) is 14.4 Å². The summed E-state index contributed by atoms with van der Waals surface area (Å²) < 4.78 is 29.0. The lowest BCUT2D eigenvalue weighted by atomic mass is 9.45. The maximum atomic E-state index is 13.0. The molecule has 7 atom stereocenters. The highest BCUT2D eigenvalue weighted by Gasteiger charge is 2.72. The summed E-state index contributed by atoms with van der Waals surface area (Å²) in [5.74, 6) is -1.34. The van der Waals surface area contributed by atoms with Crippen molar-refractivity contribution in [1.82, 2.24) is 0 Å². The third-order valence-corrected chi connectivity index (χ3v) is 9.59. The van der Waals surface area contributed by atoms with E-state index in [0.717, 1.165) is 17.6 Å². The molecular formula is C27H34O8. The van der Waals surface area contributed by atoms with Crippen LogP contribution < -0.4 is 0 Å². The van der Waals surface area contributed by atoms with Gasteiger partial charge in [-0.15, -0.1) is 0 Å². The first-order valence-electron chi connectivity index (χ1n) is 12.3. The molecule has 4 aliphatic rings. The van der Waals surface area contributed by atoms with E-state index in [1.165, 1.54) is 7.11 Å². The van der Waals surface area contributed by atoms with E-state index in [0.29, 0.717) is 6.42 Å². The first kappa shape index (κ1) is 24.1. The average Bonchev–Trinajstić information content (AvgIpc) is 3.40. The van der Waals surface area contributed by atoms with Gasteiger partial charge in [0, 0.05) is 22.3 Å². The van der Waals surface area contributed by atoms with Crippen LogP contribution in [0.25, 0.3) is 0 Å². The molecule has 8 nitrogen and oxygen atoms in total. The normalized spacial score (nSPS) is 42.1. The summed E-state index contributed by atoms with van der Waals surface area (Å²) in [4.78, 5) is 38.1. The summed E-state index contributed by atoms with van der Waals surface area (Å²) in [5, 5.41) is 0. The van der Waals surface area contributed by atoms with Crippen molar-refractivity contribution in [3.8, 4) is 0 Å². The van der Waals surface area contributed by atoms with Crippen LogP contribution in [0, 0.1) is 22.7 Å². The van der Waals surface area contributed by atoms with Crippen LogP contribution in [0.5, 0.6) is 0 Å². The number of fused-ring (bicyclic) bond motifs is 1. The Morgan fingerprint density at radius 2 is 1.94 bits per heavy atom. The Morgan fingerprint density at radius 3 is 2.54 bits per heavy atom. The fourth-order valence-corrected chi connectivity index (χ4v) is 7.78. The minimum absolute atomic E-state index is 0.000799. The zero-order valence-electron chi connectivity index (χ0n) is 21.1. The van der Waals surface area contributed by atoms with Crippen LogP contribution in [0.4, 0.5) is 0 Å². The Bertz CT molecular complexity index is 1070. The molecule has 190 valence electrons. The third-order valence-electron chi connectivity index (χ3n) is 9.59. The molecular weight excluding hydrogens is 452 g/mol. The number of cyclic esters (lactones) is 2. The summed E-state index contributed by atoms with van der Waals surface area (Å²) in [6.07, 6.45) is 3.69. The van der Waals surface area contributed by atoms with Crippen LogP contribution in [-0.4, -0.2) is 42.3 Å². The number of rotatable bonds is 4. The minimum Gasteiger partial charge on any atom is -0.472 e. The SMILES string of the molecule is C=C1C2CCC3(C)C(c4ccoc4)OC(=O)CC13OC(CC(=O)OC)C2(C)C1CC(=O)OC1(C)C. The lowest BCUT2D eigenvalue weighted by Crippen LogP contribution is -2.71. The zero-order valence-corrected chi connectivity index (χ0v) is 21.1. The van der Waals surface area contributed by atoms with E-state index in [1.807, 2.05) is 13.8 Å². The average molecular weight is 487 g/mol. The van der Waals surface area contributed by atoms with Crippen LogP contribution in [0.1, 0.15) is 71.5 Å². The quantitative estimate of drug-likeness (QED) is 0.353. The fourth-order valence-electron chi connectivity index (χ4n) is 7.78. The summed E-state index contributed by atoms with van der Waals surface area (Å²) in [7, 11) is 1.35. The molecule has 35 heavy (non-hydrogen) atoms. The molecule has 0 N–H and O–H groups in total. The van der Waals surface area contributed by atoms with Crippen molar-refractivity contribution in [3.05, 3.63) is 36.3 Å². The van der Waals surface area contributed by atoms with Crippen molar-refractivity contribution in [1.29, 1.82) is 0 Å². The molecule has 3 saturated heterocycles. The monoisotopic (exact) mass is 486 g/mol. The second-order valence-corrected chi connectivity index (χ2v) is 11.6. The van der Waals surface area contributed by atoms with Gasteiger partial charge in [0.2, 0.25) is 0 Å². The molecule has 1 aromatic heterocycles. The molecule has 4 heterocycles. The van der Waals surface area contributed by atoms with E-state index in [2.05, 4.69) is 20.4 Å². The van der Waals surface area contributed by atoms with Gasteiger partial charge in [0.25, 0.3) is 0 Å². The highest BCUT2D eigenvalue weighted by molar-refractivity contribution is 5.75. The van der Waals surface area contributed by atoms with E-state index < -0.39 is 40.2 Å². The number of esters is 3. The number of carbonyl (C=O) groups excluding carboxylic acids is 3. The smallest absolute Gasteiger partial charge is 0.309 e. The van der Waals surface area contributed by atoms with Gasteiger partial charge < -0.3 is 23.4 Å². The van der Waals surface area contributed by atoms with Gasteiger partial charge in [-0.05, 0) is 44.2 Å². The number of carbonyl (C=O) groups is 3. The van der Waals surface area contributed by atoms with Gasteiger partial charge in [-0.2, -0.15) is 0 Å². The van der Waals surface area contributed by atoms with E-state index in [-0.39, 0.29) is 43.0 Å². The molecule has 0 amide bonds. The Labute approximate surface area is 205 Å². The van der Waals surface area contributed by atoms with Gasteiger partial charge in [0.05, 0.1) is 45.0 Å². The molecule has 0 aromatic carbocycles. The summed E-state index contributed by atoms with van der Waals surface area (Å²) in [5.41, 5.74) is -1.43. The maximum Gasteiger partial charge on any atom is 0.309 e. The van der Waals surface area contributed by atoms with Crippen molar-refractivity contribution in [2.24, 2.45) is 22.7 Å². The summed E-state index contributed by atoms with van der Waals surface area (Å²) >= 11 is 0. The highest BCUT2D eigenvalue weighted by atomic mass is 16.6. The van der Waals surface area contributed by atoms with Crippen LogP contribution in [0.3, 0.4) is 0 Å². The minimum atomic E-state index is -1.03. The highest BCUT2D eigenvalue weighted by Crippen LogP contribution is 2.70. The lowest BCUT2D eigenvalue weighted by Gasteiger charge is -2.68. The molecule has 1 aromatic rings. The van der Waals surface area contributed by atoms with Gasteiger partial charge in [-0.25, -0.2) is 0 Å². The topological polar surface area (TPSA) is 101 Å². The molecule has 2 bridgehead atoms. The number of furan rings is 1. The largest absolute Gasteiger partial charge is 0.472 e. The Balaban J connectivity index is 1.65. The molecule has 3 aliphatic heterocycles. The molecule has 5 rings (SSSR count). The fraction of sp³-hybridized carbons (Fsp3) is 0.667. The van der Waals surface area contributed by atoms with Crippen molar-refractivity contribution < 1.29 is 37.7 Å². The van der Waals surface area contributed by atoms with Crippen LogP contribution >= 0.6 is 0 Å². The molecule has 8 heteroatoms. The molecule has 7 unspecified atom stereocenters. The van der Waals surface area contributed by atoms with Crippen LogP contribution in [0.15, 0.2) is 35.2 Å². The van der Waals surface area contributed by atoms with E-state index >= 15 is 0 Å². The van der Waals surface area contributed by atoms with Crippen molar-refractivity contribution in [3.63, 3.8) is 0 Å². The first-order chi connectivity index (χ1) is 16.4. The maximum absolute atomic E-state index is 13.0. The first-order valence-corrected chi connectivity index (χ1v) is 12.3. The zero-order chi connectivity index (χ0) is 25.4. The molecule has 4 fully saturated rings. The number of ether oxygens (including phenoxy) is 4. The van der Waals surface area contributed by atoms with E-state index in [1.54, 1.807) is 18.6 Å². The van der Waals surface area contributed by atoms with Crippen molar-refractivity contribution in [2.75, 3.05) is 7.11 Å². The number of hydrogen-bond donors (Lipinski definition) is 0. The van der Waals surface area contributed by atoms with Gasteiger partial charge in [0.1, 0.15) is 17.3 Å². The lowest BCUT2D eigenvalue weighted by molar-refractivity contribution is -0.293. The van der Waals surface area contributed by atoms with Crippen molar-refractivity contribution >= 4 is 17.9 Å². The van der Waals surface area contributed by atoms with Gasteiger partial charge in [-0.1, -0.05) is 20.4 Å². The Kier molecular flexibility index (Phi) is 5.30. The van der Waals surface area contributed by atoms with Crippen molar-refractivity contribution in [2.45, 2.75) is 83.2 Å².